The van der Waals surface area contributed by atoms with Crippen LogP contribution in [0.25, 0.3) is 11.5 Å². The number of benzene rings is 2. The number of thioether (sulfide) groups is 1. The second-order valence-electron chi connectivity index (χ2n) is 5.96. The third-order valence-electron chi connectivity index (χ3n) is 3.81. The third-order valence-corrected chi connectivity index (χ3v) is 4.59. The van der Waals surface area contributed by atoms with Crippen molar-refractivity contribution in [2.75, 3.05) is 26.6 Å². The van der Waals surface area contributed by atoms with Crippen LogP contribution < -0.4 is 14.2 Å². The Labute approximate surface area is 162 Å². The Morgan fingerprint density at radius 1 is 0.926 bits per heavy atom. The Balaban J connectivity index is 1.56. The zero-order chi connectivity index (χ0) is 19.2. The molecule has 0 saturated carbocycles. The molecule has 0 fully saturated rings. The zero-order valence-corrected chi connectivity index (χ0v) is 16.6. The molecule has 3 aromatic rings. The van der Waals surface area contributed by atoms with Crippen molar-refractivity contribution in [1.82, 2.24) is 10.2 Å². The highest BCUT2D eigenvalue weighted by Gasteiger charge is 2.12. The van der Waals surface area contributed by atoms with Crippen LogP contribution in [0.4, 0.5) is 0 Å². The van der Waals surface area contributed by atoms with E-state index in [1.165, 1.54) is 22.9 Å². The molecule has 0 amide bonds. The molecule has 0 aliphatic rings. The summed E-state index contributed by atoms with van der Waals surface area (Å²) in [5, 5.41) is 8.69. The van der Waals surface area contributed by atoms with Gasteiger partial charge in [0.2, 0.25) is 5.89 Å². The van der Waals surface area contributed by atoms with Crippen LogP contribution in [-0.4, -0.2) is 36.8 Å². The molecular weight excluding hydrogens is 364 g/mol. The fourth-order valence-electron chi connectivity index (χ4n) is 2.66. The van der Waals surface area contributed by atoms with Gasteiger partial charge < -0.3 is 18.6 Å². The van der Waals surface area contributed by atoms with E-state index in [1.54, 1.807) is 14.2 Å². The van der Waals surface area contributed by atoms with E-state index >= 15 is 0 Å². The molecule has 0 saturated heterocycles. The van der Waals surface area contributed by atoms with Crippen LogP contribution in [0.3, 0.4) is 0 Å². The first kappa shape index (κ1) is 19.1. The average Bonchev–Trinajstić information content (AvgIpc) is 3.13. The highest BCUT2D eigenvalue weighted by molar-refractivity contribution is 7.99. The van der Waals surface area contributed by atoms with Crippen molar-refractivity contribution >= 4 is 11.8 Å². The Morgan fingerprint density at radius 2 is 1.67 bits per heavy atom. The summed E-state index contributed by atoms with van der Waals surface area (Å²) in [5.74, 6) is 3.29. The Morgan fingerprint density at radius 3 is 2.37 bits per heavy atom. The van der Waals surface area contributed by atoms with Crippen LogP contribution >= 0.6 is 11.8 Å². The molecule has 6 nitrogen and oxygen atoms in total. The van der Waals surface area contributed by atoms with Gasteiger partial charge in [0.05, 0.1) is 20.8 Å². The van der Waals surface area contributed by atoms with E-state index in [1.807, 2.05) is 30.3 Å². The molecule has 7 heteroatoms. The average molecular weight is 386 g/mol. The highest BCUT2D eigenvalue weighted by Crippen LogP contribution is 2.32. The number of aromatic nitrogens is 2. The lowest BCUT2D eigenvalue weighted by atomic mass is 10.1. The molecule has 142 valence electrons. The van der Waals surface area contributed by atoms with Crippen LogP contribution in [0, 0.1) is 13.8 Å². The summed E-state index contributed by atoms with van der Waals surface area (Å²) in [4.78, 5) is 0. The molecule has 0 aliphatic carbocycles. The van der Waals surface area contributed by atoms with Gasteiger partial charge in [-0.2, -0.15) is 0 Å². The zero-order valence-electron chi connectivity index (χ0n) is 15.8. The molecule has 1 aromatic heterocycles. The molecule has 27 heavy (non-hydrogen) atoms. The summed E-state index contributed by atoms with van der Waals surface area (Å²) in [6.07, 6.45) is 0. The predicted molar refractivity (Wildman–Crippen MR) is 105 cm³/mol. The van der Waals surface area contributed by atoms with E-state index in [0.717, 1.165) is 11.3 Å². The predicted octanol–water partition coefficient (Wildman–Crippen LogP) is 4.54. The number of nitrogens with zero attached hydrogens (tertiary/aromatic N) is 2. The van der Waals surface area contributed by atoms with Crippen molar-refractivity contribution in [2.24, 2.45) is 0 Å². The van der Waals surface area contributed by atoms with E-state index in [0.29, 0.717) is 35.0 Å². The van der Waals surface area contributed by atoms with Crippen molar-refractivity contribution in [3.8, 4) is 28.7 Å². The summed E-state index contributed by atoms with van der Waals surface area (Å²) in [5.41, 5.74) is 3.15. The van der Waals surface area contributed by atoms with Gasteiger partial charge >= 0.3 is 0 Å². The molecule has 0 atom stereocenters. The summed E-state index contributed by atoms with van der Waals surface area (Å²) in [6.45, 7) is 4.67. The van der Waals surface area contributed by atoms with Gasteiger partial charge in [0.15, 0.2) is 11.5 Å². The minimum Gasteiger partial charge on any atom is -0.493 e. The number of ether oxygens (including phenoxy) is 3. The van der Waals surface area contributed by atoms with E-state index in [-0.39, 0.29) is 0 Å². The molecular formula is C20H22N2O4S. The number of rotatable bonds is 8. The number of hydrogen-bond donors (Lipinski definition) is 0. The Kier molecular flexibility index (Phi) is 6.24. The second kappa shape index (κ2) is 8.81. The lowest BCUT2D eigenvalue weighted by Crippen LogP contribution is -2.00. The first-order valence-electron chi connectivity index (χ1n) is 8.49. The van der Waals surface area contributed by atoms with Gasteiger partial charge in [-0.1, -0.05) is 17.8 Å². The third kappa shape index (κ3) is 4.95. The Hall–Kier alpha value is -2.67. The first-order valence-corrected chi connectivity index (χ1v) is 9.47. The van der Waals surface area contributed by atoms with Gasteiger partial charge in [-0.25, -0.2) is 0 Å². The van der Waals surface area contributed by atoms with Gasteiger partial charge in [-0.05, 0) is 55.3 Å². The van der Waals surface area contributed by atoms with Crippen molar-refractivity contribution in [2.45, 2.75) is 19.1 Å². The van der Waals surface area contributed by atoms with Crippen LogP contribution in [-0.2, 0) is 0 Å². The molecule has 3 rings (SSSR count). The lowest BCUT2D eigenvalue weighted by molar-refractivity contribution is 0.342. The molecule has 0 spiro atoms. The van der Waals surface area contributed by atoms with Crippen molar-refractivity contribution in [3.63, 3.8) is 0 Å². The van der Waals surface area contributed by atoms with Gasteiger partial charge in [-0.15, -0.1) is 10.2 Å². The number of methoxy groups -OCH3 is 2. The Bertz CT molecular complexity index is 890. The second-order valence-corrected chi connectivity index (χ2v) is 7.01. The van der Waals surface area contributed by atoms with Crippen LogP contribution in [0.1, 0.15) is 11.1 Å². The van der Waals surface area contributed by atoms with Crippen molar-refractivity contribution in [1.29, 1.82) is 0 Å². The molecule has 0 bridgehead atoms. The van der Waals surface area contributed by atoms with Crippen molar-refractivity contribution in [3.05, 3.63) is 47.5 Å². The normalized spacial score (nSPS) is 10.7. The molecule has 0 N–H and O–H groups in total. The SMILES string of the molecule is COc1ccc(-c2nnc(SCCOc3cc(C)cc(C)c3)o2)cc1OC. The summed E-state index contributed by atoms with van der Waals surface area (Å²) < 4.78 is 22.1. The highest BCUT2D eigenvalue weighted by atomic mass is 32.2. The van der Waals surface area contributed by atoms with E-state index < -0.39 is 0 Å². The van der Waals surface area contributed by atoms with E-state index in [9.17, 15) is 0 Å². The molecule has 0 aliphatic heterocycles. The van der Waals surface area contributed by atoms with Gasteiger partial charge in [0.1, 0.15) is 5.75 Å². The fourth-order valence-corrected chi connectivity index (χ4v) is 3.24. The monoisotopic (exact) mass is 386 g/mol. The smallest absolute Gasteiger partial charge is 0.276 e. The van der Waals surface area contributed by atoms with Crippen LogP contribution in [0.2, 0.25) is 0 Å². The summed E-state index contributed by atoms with van der Waals surface area (Å²) >= 11 is 1.46. The molecule has 2 aromatic carbocycles. The summed E-state index contributed by atoms with van der Waals surface area (Å²) in [7, 11) is 3.19. The first-order chi connectivity index (χ1) is 13.1. The minimum absolute atomic E-state index is 0.439. The van der Waals surface area contributed by atoms with Gasteiger partial charge in [0.25, 0.3) is 5.22 Å². The fraction of sp³-hybridized carbons (Fsp3) is 0.300. The number of aryl methyl sites for hydroxylation is 2. The maximum Gasteiger partial charge on any atom is 0.276 e. The lowest BCUT2D eigenvalue weighted by Gasteiger charge is -2.07. The van der Waals surface area contributed by atoms with Gasteiger partial charge in [0, 0.05) is 11.3 Å². The van der Waals surface area contributed by atoms with Crippen molar-refractivity contribution < 1.29 is 18.6 Å². The molecule has 0 radical (unpaired) electrons. The molecule has 0 unspecified atom stereocenters. The minimum atomic E-state index is 0.439. The van der Waals surface area contributed by atoms with Crippen LogP contribution in [0.15, 0.2) is 46.0 Å². The number of hydrogen-bond acceptors (Lipinski definition) is 7. The molecule has 1 heterocycles. The summed E-state index contributed by atoms with van der Waals surface area (Å²) in [6, 6.07) is 11.6. The van der Waals surface area contributed by atoms with E-state index in [2.05, 4.69) is 30.1 Å². The largest absolute Gasteiger partial charge is 0.493 e. The topological polar surface area (TPSA) is 66.6 Å². The van der Waals surface area contributed by atoms with Gasteiger partial charge in [-0.3, -0.25) is 0 Å². The quantitative estimate of drug-likeness (QED) is 0.416. The van der Waals surface area contributed by atoms with Crippen LogP contribution in [0.5, 0.6) is 17.2 Å². The maximum atomic E-state index is 5.80. The standard InChI is InChI=1S/C20H22N2O4S/c1-13-9-14(2)11-16(10-13)25-7-8-27-20-22-21-19(26-20)15-5-6-17(23-3)18(12-15)24-4/h5-6,9-12H,7-8H2,1-4H3. The maximum absolute atomic E-state index is 5.80. The van der Waals surface area contributed by atoms with E-state index in [4.69, 9.17) is 18.6 Å².